The first-order chi connectivity index (χ1) is 14.1. The number of carbonyl (C=O) groups is 1. The molecule has 3 aromatic rings. The summed E-state index contributed by atoms with van der Waals surface area (Å²) in [5.74, 6) is 0.654. The van der Waals surface area contributed by atoms with Gasteiger partial charge < -0.3 is 0 Å². The Hall–Kier alpha value is -2.54. The summed E-state index contributed by atoms with van der Waals surface area (Å²) in [4.78, 5) is 16.8. The second-order valence-electron chi connectivity index (χ2n) is 7.44. The fourth-order valence-corrected chi connectivity index (χ4v) is 4.82. The summed E-state index contributed by atoms with van der Waals surface area (Å²) in [7, 11) is 0. The summed E-state index contributed by atoms with van der Waals surface area (Å²) in [6, 6.07) is 10.2. The average Bonchev–Trinajstić information content (AvgIpc) is 3.17. The van der Waals surface area contributed by atoms with Crippen molar-refractivity contribution in [2.24, 2.45) is 5.92 Å². The first-order valence-electron chi connectivity index (χ1n) is 9.91. The lowest BCUT2D eigenvalue weighted by Gasteiger charge is -2.31. The Morgan fingerprint density at radius 2 is 2.00 bits per heavy atom. The average molecular weight is 411 g/mol. The molecule has 29 heavy (non-hydrogen) atoms. The molecule has 0 N–H and O–H groups in total. The van der Waals surface area contributed by atoms with E-state index in [9.17, 15) is 9.18 Å². The van der Waals surface area contributed by atoms with Gasteiger partial charge in [-0.1, -0.05) is 43.7 Å². The van der Waals surface area contributed by atoms with Crippen LogP contribution in [0.5, 0.6) is 0 Å². The lowest BCUT2D eigenvalue weighted by Crippen LogP contribution is -2.22. The van der Waals surface area contributed by atoms with Crippen molar-refractivity contribution in [1.82, 2.24) is 19.7 Å². The van der Waals surface area contributed by atoms with E-state index in [0.717, 1.165) is 30.7 Å². The quantitative estimate of drug-likeness (QED) is 0.413. The number of pyridine rings is 1. The molecule has 2 aromatic heterocycles. The zero-order chi connectivity index (χ0) is 20.2. The van der Waals surface area contributed by atoms with Crippen LogP contribution in [-0.2, 0) is 0 Å². The summed E-state index contributed by atoms with van der Waals surface area (Å²) in [6.07, 6.45) is 8.13. The van der Waals surface area contributed by atoms with Crippen molar-refractivity contribution in [2.45, 2.75) is 43.8 Å². The summed E-state index contributed by atoms with van der Waals surface area (Å²) in [6.45, 7) is 2.26. The largest absolute Gasteiger partial charge is 0.299 e. The van der Waals surface area contributed by atoms with Crippen molar-refractivity contribution >= 4 is 17.5 Å². The number of nitrogens with zero attached hydrogens (tertiary/aromatic N) is 4. The zero-order valence-corrected chi connectivity index (χ0v) is 17.1. The van der Waals surface area contributed by atoms with Crippen LogP contribution in [0.4, 0.5) is 4.39 Å². The summed E-state index contributed by atoms with van der Waals surface area (Å²) in [5.41, 5.74) is 1.02. The van der Waals surface area contributed by atoms with Crippen molar-refractivity contribution in [3.8, 4) is 11.4 Å². The monoisotopic (exact) mass is 410 g/mol. The molecule has 7 heteroatoms. The van der Waals surface area contributed by atoms with Gasteiger partial charge in [-0.3, -0.25) is 14.3 Å². The maximum atomic E-state index is 13.9. The Kier molecular flexibility index (Phi) is 6.04. The Balaban J connectivity index is 1.64. The van der Waals surface area contributed by atoms with Gasteiger partial charge in [0, 0.05) is 24.0 Å². The topological polar surface area (TPSA) is 60.7 Å². The second-order valence-corrected chi connectivity index (χ2v) is 8.38. The smallest absolute Gasteiger partial charge is 0.192 e. The lowest BCUT2D eigenvalue weighted by atomic mass is 9.85. The van der Waals surface area contributed by atoms with Gasteiger partial charge in [0.15, 0.2) is 16.8 Å². The lowest BCUT2D eigenvalue weighted by molar-refractivity contribution is 0.101. The minimum Gasteiger partial charge on any atom is -0.299 e. The number of ketones is 1. The van der Waals surface area contributed by atoms with E-state index in [1.54, 1.807) is 24.5 Å². The van der Waals surface area contributed by atoms with Gasteiger partial charge in [-0.05, 0) is 43.0 Å². The normalized spacial score (nSPS) is 19.2. The van der Waals surface area contributed by atoms with Gasteiger partial charge in [-0.25, -0.2) is 4.39 Å². The molecule has 2 heterocycles. The van der Waals surface area contributed by atoms with E-state index in [2.05, 4.69) is 26.7 Å². The molecule has 1 saturated carbocycles. The van der Waals surface area contributed by atoms with E-state index >= 15 is 0 Å². The summed E-state index contributed by atoms with van der Waals surface area (Å²) in [5, 5.41) is 9.52. The molecule has 4 rings (SSSR count). The van der Waals surface area contributed by atoms with Crippen LogP contribution in [0.3, 0.4) is 0 Å². The van der Waals surface area contributed by atoms with Crippen molar-refractivity contribution in [3.05, 3.63) is 60.2 Å². The minimum absolute atomic E-state index is 0.115. The predicted octanol–water partition coefficient (Wildman–Crippen LogP) is 5.21. The third kappa shape index (κ3) is 4.24. The Morgan fingerprint density at radius 3 is 2.76 bits per heavy atom. The van der Waals surface area contributed by atoms with Crippen molar-refractivity contribution in [1.29, 1.82) is 0 Å². The van der Waals surface area contributed by atoms with E-state index in [1.165, 1.54) is 30.3 Å². The van der Waals surface area contributed by atoms with E-state index in [-0.39, 0.29) is 23.1 Å². The Morgan fingerprint density at radius 1 is 1.17 bits per heavy atom. The molecular weight excluding hydrogens is 387 g/mol. The SMILES string of the molecule is C[C@@H]1CCCC[C@@H]1n1c(SCC(=O)c2ccccc2F)nnc1-c1cccnc1. The molecule has 0 spiro atoms. The molecular formula is C22H23FN4OS. The number of thioether (sulfide) groups is 1. The number of rotatable bonds is 6. The molecule has 5 nitrogen and oxygen atoms in total. The predicted molar refractivity (Wildman–Crippen MR) is 111 cm³/mol. The number of aromatic nitrogens is 4. The second kappa shape index (κ2) is 8.86. The molecule has 0 amide bonds. The van der Waals surface area contributed by atoms with Gasteiger partial charge in [0.2, 0.25) is 0 Å². The van der Waals surface area contributed by atoms with E-state index in [4.69, 9.17) is 0 Å². The van der Waals surface area contributed by atoms with Crippen LogP contribution in [0.1, 0.15) is 49.0 Å². The summed E-state index contributed by atoms with van der Waals surface area (Å²) >= 11 is 1.32. The van der Waals surface area contributed by atoms with Gasteiger partial charge in [0.1, 0.15) is 5.82 Å². The van der Waals surface area contributed by atoms with Gasteiger partial charge in [0.25, 0.3) is 0 Å². The maximum Gasteiger partial charge on any atom is 0.192 e. The molecule has 1 aromatic carbocycles. The number of Topliss-reactive ketones (excluding diaryl/α,β-unsaturated/α-hetero) is 1. The van der Waals surface area contributed by atoms with E-state index < -0.39 is 5.82 Å². The number of hydrogen-bond acceptors (Lipinski definition) is 5. The highest BCUT2D eigenvalue weighted by Gasteiger charge is 2.29. The minimum atomic E-state index is -0.489. The number of carbonyl (C=O) groups excluding carboxylic acids is 1. The van der Waals surface area contributed by atoms with E-state index in [1.807, 2.05) is 12.1 Å². The van der Waals surface area contributed by atoms with Crippen molar-refractivity contribution in [2.75, 3.05) is 5.75 Å². The van der Waals surface area contributed by atoms with Gasteiger partial charge in [0.05, 0.1) is 11.3 Å². The fraction of sp³-hybridized carbons (Fsp3) is 0.364. The molecule has 0 bridgehead atoms. The molecule has 0 saturated heterocycles. The third-order valence-corrected chi connectivity index (χ3v) is 6.43. The summed E-state index contributed by atoms with van der Waals surface area (Å²) < 4.78 is 16.1. The first kappa shape index (κ1) is 19.8. The molecule has 1 aliphatic carbocycles. The number of hydrogen-bond donors (Lipinski definition) is 0. The van der Waals surface area contributed by atoms with Crippen LogP contribution in [0.2, 0.25) is 0 Å². The number of benzene rings is 1. The highest BCUT2D eigenvalue weighted by Crippen LogP contribution is 2.39. The fourth-order valence-electron chi connectivity index (χ4n) is 3.94. The van der Waals surface area contributed by atoms with Crippen LogP contribution >= 0.6 is 11.8 Å². The standard InChI is InChI=1S/C22H23FN4OS/c1-15-7-2-5-11-19(15)27-21(16-8-6-12-24-13-16)25-26-22(27)29-14-20(28)17-9-3-4-10-18(17)23/h3-4,6,8-10,12-13,15,19H,2,5,7,11,14H2,1H3/t15-,19+/m1/s1. The van der Waals surface area contributed by atoms with Crippen LogP contribution in [0.25, 0.3) is 11.4 Å². The maximum absolute atomic E-state index is 13.9. The molecule has 1 aliphatic rings. The Labute approximate surface area is 173 Å². The molecule has 0 aliphatic heterocycles. The molecule has 0 unspecified atom stereocenters. The first-order valence-corrected chi connectivity index (χ1v) is 10.9. The molecule has 150 valence electrons. The molecule has 0 radical (unpaired) electrons. The highest BCUT2D eigenvalue weighted by atomic mass is 32.2. The van der Waals surface area contributed by atoms with Crippen LogP contribution in [-0.4, -0.2) is 31.3 Å². The highest BCUT2D eigenvalue weighted by molar-refractivity contribution is 7.99. The third-order valence-electron chi connectivity index (χ3n) is 5.49. The van der Waals surface area contributed by atoms with Gasteiger partial charge in [-0.2, -0.15) is 0 Å². The number of halogens is 1. The van der Waals surface area contributed by atoms with Gasteiger partial charge >= 0.3 is 0 Å². The van der Waals surface area contributed by atoms with Crippen LogP contribution in [0.15, 0.2) is 53.9 Å². The Bertz CT molecular complexity index is 991. The molecule has 2 atom stereocenters. The van der Waals surface area contributed by atoms with E-state index in [0.29, 0.717) is 11.1 Å². The zero-order valence-electron chi connectivity index (χ0n) is 16.3. The van der Waals surface area contributed by atoms with Crippen molar-refractivity contribution < 1.29 is 9.18 Å². The van der Waals surface area contributed by atoms with Crippen molar-refractivity contribution in [3.63, 3.8) is 0 Å². The molecule has 1 fully saturated rings. The van der Waals surface area contributed by atoms with Crippen LogP contribution < -0.4 is 0 Å². The van der Waals surface area contributed by atoms with Crippen LogP contribution in [0, 0.1) is 11.7 Å². The van der Waals surface area contributed by atoms with Gasteiger partial charge in [-0.15, -0.1) is 10.2 Å².